The van der Waals surface area contributed by atoms with E-state index in [1.807, 2.05) is 0 Å². The van der Waals surface area contributed by atoms with Crippen molar-refractivity contribution in [3.05, 3.63) is 233 Å². The van der Waals surface area contributed by atoms with Crippen molar-refractivity contribution in [2.75, 3.05) is 0 Å². The molecule has 0 N–H and O–H groups in total. The van der Waals surface area contributed by atoms with Crippen molar-refractivity contribution < 1.29 is 13.7 Å². The molecule has 0 atom stereocenters. The van der Waals surface area contributed by atoms with Crippen LogP contribution in [0.3, 0.4) is 0 Å². The molecule has 3 nitrogen and oxygen atoms in total. The van der Waals surface area contributed by atoms with Gasteiger partial charge in [-0.15, -0.1) is 0 Å². The van der Waals surface area contributed by atoms with E-state index >= 15 is 0 Å². The molecule has 3 heterocycles. The molecule has 0 aliphatic rings. The van der Waals surface area contributed by atoms with Crippen LogP contribution in [0.1, 0.15) is 44.6 Å². The lowest BCUT2D eigenvalue weighted by Gasteiger charge is -2.18. The maximum absolute atomic E-state index is 2.49. The monoisotopic (exact) mass is 818 g/mol. The van der Waals surface area contributed by atoms with Gasteiger partial charge < -0.3 is 0 Å². The molecule has 0 bridgehead atoms. The average Bonchev–Trinajstić information content (AvgIpc) is 3.30. The number of benzene rings is 6. The van der Waals surface area contributed by atoms with Crippen LogP contribution in [0.15, 0.2) is 188 Å². The molecular formula is C60H56N3+3. The van der Waals surface area contributed by atoms with Crippen LogP contribution in [0, 0.1) is 34.6 Å². The van der Waals surface area contributed by atoms with E-state index in [9.17, 15) is 0 Å². The lowest BCUT2D eigenvalue weighted by Crippen LogP contribution is -2.41. The minimum Gasteiger partial charge on any atom is -0.201 e. The van der Waals surface area contributed by atoms with Gasteiger partial charge in [0, 0.05) is 47.9 Å². The highest BCUT2D eigenvalue weighted by Gasteiger charge is 2.27. The Morgan fingerprint density at radius 2 is 1.00 bits per heavy atom. The summed E-state index contributed by atoms with van der Waals surface area (Å²) in [5.74, 6) is 0. The lowest BCUT2D eigenvalue weighted by atomic mass is 9.87. The van der Waals surface area contributed by atoms with Crippen molar-refractivity contribution >= 4 is 0 Å². The van der Waals surface area contributed by atoms with Gasteiger partial charge in [-0.3, -0.25) is 0 Å². The zero-order valence-corrected chi connectivity index (χ0v) is 37.7. The van der Waals surface area contributed by atoms with Gasteiger partial charge in [0.25, 0.3) is 0 Å². The van der Waals surface area contributed by atoms with Gasteiger partial charge in [0.1, 0.15) is 14.1 Å². The summed E-state index contributed by atoms with van der Waals surface area (Å²) in [6.07, 6.45) is 5.28. The standard InChI is InChI=1S/C60H56N3/c1-41-31-32-61(6)58(33-41)56-29-27-50(47-19-13-9-14-20-47)36-53(56)38-54-37-52(48-21-15-10-16-22-48)35-44(4)59(54)57-30-23-42(2)39-63(57)40-51-25-24-45(5)62(7)60(51)55-28-26-49(34-43(55)3)46-17-11-8-12-18-46/h8-37,39H,38,40H2,1-7H3/q+3. The highest BCUT2D eigenvalue weighted by atomic mass is 15.0. The molecule has 3 aromatic heterocycles. The van der Waals surface area contributed by atoms with Gasteiger partial charge in [0.2, 0.25) is 17.1 Å². The number of aromatic nitrogens is 3. The predicted octanol–water partition coefficient (Wildman–Crippen LogP) is 12.8. The van der Waals surface area contributed by atoms with Crippen molar-refractivity contribution in [2.45, 2.75) is 47.6 Å². The number of hydrogen-bond acceptors (Lipinski definition) is 0. The largest absolute Gasteiger partial charge is 0.222 e. The molecular weight excluding hydrogens is 763 g/mol. The zero-order valence-electron chi connectivity index (χ0n) is 37.7. The fourth-order valence-electron chi connectivity index (χ4n) is 9.34. The van der Waals surface area contributed by atoms with Gasteiger partial charge in [0.05, 0.1) is 11.1 Å². The van der Waals surface area contributed by atoms with Crippen LogP contribution in [-0.4, -0.2) is 0 Å². The fourth-order valence-corrected chi connectivity index (χ4v) is 9.34. The SMILES string of the molecule is Cc1cc[n+](C)c(-c2ccc(-c3ccccc3)cc2Cc2cc(-c3ccccc3)cc(C)c2-c2ccc(C)c[n+]2Cc2ccc(C)[n+](C)c2-c2ccc(-c3ccccc3)cc2C)c1. The highest BCUT2D eigenvalue weighted by molar-refractivity contribution is 5.78. The minimum absolute atomic E-state index is 0.716. The van der Waals surface area contributed by atoms with Crippen LogP contribution in [-0.2, 0) is 27.1 Å². The second-order valence-electron chi connectivity index (χ2n) is 17.3. The Labute approximate surface area is 373 Å². The first-order chi connectivity index (χ1) is 30.6. The number of hydrogen-bond donors (Lipinski definition) is 0. The van der Waals surface area contributed by atoms with Crippen LogP contribution in [0.5, 0.6) is 0 Å². The summed E-state index contributed by atoms with van der Waals surface area (Å²) in [4.78, 5) is 0. The number of pyridine rings is 3. The van der Waals surface area contributed by atoms with Gasteiger partial charge >= 0.3 is 0 Å². The molecule has 0 unspecified atom stereocenters. The molecule has 0 spiro atoms. The van der Waals surface area contributed by atoms with E-state index in [1.165, 1.54) is 112 Å². The molecule has 3 heteroatoms. The van der Waals surface area contributed by atoms with Crippen LogP contribution in [0.2, 0.25) is 0 Å². The van der Waals surface area contributed by atoms with Crippen molar-refractivity contribution in [3.8, 4) is 67.2 Å². The molecule has 0 aliphatic carbocycles. The summed E-state index contributed by atoms with van der Waals surface area (Å²) in [5.41, 5.74) is 24.9. The molecule has 0 amide bonds. The second kappa shape index (κ2) is 17.6. The maximum atomic E-state index is 2.49. The normalized spacial score (nSPS) is 11.2. The Morgan fingerprint density at radius 1 is 0.413 bits per heavy atom. The van der Waals surface area contributed by atoms with Gasteiger partial charge in [-0.05, 0) is 132 Å². The first kappa shape index (κ1) is 41.1. The number of nitrogens with zero attached hydrogens (tertiary/aromatic N) is 3. The quantitative estimate of drug-likeness (QED) is 0.122. The van der Waals surface area contributed by atoms with Crippen LogP contribution < -0.4 is 13.7 Å². The Morgan fingerprint density at radius 3 is 1.65 bits per heavy atom. The van der Waals surface area contributed by atoms with E-state index in [4.69, 9.17) is 0 Å². The van der Waals surface area contributed by atoms with E-state index < -0.39 is 0 Å². The van der Waals surface area contributed by atoms with E-state index in [1.54, 1.807) is 0 Å². The van der Waals surface area contributed by atoms with E-state index in [0.717, 1.165) is 6.42 Å². The van der Waals surface area contributed by atoms with Gasteiger partial charge in [-0.1, -0.05) is 115 Å². The van der Waals surface area contributed by atoms with Gasteiger partial charge in [-0.25, -0.2) is 4.57 Å². The number of rotatable bonds is 10. The van der Waals surface area contributed by atoms with Crippen LogP contribution >= 0.6 is 0 Å². The Bertz CT molecular complexity index is 3110. The molecule has 308 valence electrons. The summed E-state index contributed by atoms with van der Waals surface area (Å²) < 4.78 is 7.12. The predicted molar refractivity (Wildman–Crippen MR) is 260 cm³/mol. The molecule has 9 aromatic rings. The van der Waals surface area contributed by atoms with Crippen molar-refractivity contribution in [2.24, 2.45) is 14.1 Å². The van der Waals surface area contributed by atoms with E-state index in [0.29, 0.717) is 6.54 Å². The topological polar surface area (TPSA) is 11.6 Å². The smallest absolute Gasteiger partial charge is 0.201 e. The van der Waals surface area contributed by atoms with E-state index in [-0.39, 0.29) is 0 Å². The Kier molecular flexibility index (Phi) is 11.5. The summed E-state index contributed by atoms with van der Waals surface area (Å²) in [6, 6.07) is 64.8. The van der Waals surface area contributed by atoms with Gasteiger partial charge in [-0.2, -0.15) is 9.13 Å². The third kappa shape index (κ3) is 8.52. The third-order valence-corrected chi connectivity index (χ3v) is 12.8. The fraction of sp³-hybridized carbons (Fsp3) is 0.150. The third-order valence-electron chi connectivity index (χ3n) is 12.8. The summed E-state index contributed by atoms with van der Waals surface area (Å²) in [6.45, 7) is 11.9. The molecule has 0 aliphatic heterocycles. The Hall–Kier alpha value is -7.23. The molecule has 9 rings (SSSR count). The Balaban J connectivity index is 1.22. The molecule has 0 fully saturated rings. The van der Waals surface area contributed by atoms with Crippen LogP contribution in [0.25, 0.3) is 67.2 Å². The first-order valence-electron chi connectivity index (χ1n) is 22.1. The zero-order chi connectivity index (χ0) is 43.6. The minimum atomic E-state index is 0.716. The highest BCUT2D eigenvalue weighted by Crippen LogP contribution is 2.37. The van der Waals surface area contributed by atoms with Gasteiger partial charge in [0.15, 0.2) is 24.6 Å². The van der Waals surface area contributed by atoms with Crippen LogP contribution in [0.4, 0.5) is 0 Å². The molecule has 6 aromatic carbocycles. The van der Waals surface area contributed by atoms with Crippen molar-refractivity contribution in [1.29, 1.82) is 0 Å². The van der Waals surface area contributed by atoms with Crippen molar-refractivity contribution in [3.63, 3.8) is 0 Å². The lowest BCUT2D eigenvalue weighted by molar-refractivity contribution is -0.685. The summed E-state index contributed by atoms with van der Waals surface area (Å²) in [5, 5.41) is 0. The second-order valence-corrected chi connectivity index (χ2v) is 17.3. The van der Waals surface area contributed by atoms with E-state index in [2.05, 4.69) is 251 Å². The summed E-state index contributed by atoms with van der Waals surface area (Å²) >= 11 is 0. The average molecular weight is 819 g/mol. The maximum Gasteiger partial charge on any atom is 0.222 e. The molecule has 0 saturated heterocycles. The molecule has 0 saturated carbocycles. The van der Waals surface area contributed by atoms with Crippen molar-refractivity contribution in [1.82, 2.24) is 0 Å². The molecule has 63 heavy (non-hydrogen) atoms. The summed E-state index contributed by atoms with van der Waals surface area (Å²) in [7, 11) is 4.36. The first-order valence-corrected chi connectivity index (χ1v) is 22.1. The molecule has 0 radical (unpaired) electrons. The number of aryl methyl sites for hydroxylation is 6.